The number of hydrogen-bond acceptors (Lipinski definition) is 5. The molecule has 6 heteroatoms. The van der Waals surface area contributed by atoms with Crippen molar-refractivity contribution in [2.45, 2.75) is 56.9 Å². The molecule has 0 N–H and O–H groups in total. The summed E-state index contributed by atoms with van der Waals surface area (Å²) in [6.07, 6.45) is 7.44. The largest absolute Gasteiger partial charge is 0.497 e. The molecule has 2 heterocycles. The Bertz CT molecular complexity index is 1570. The highest BCUT2D eigenvalue weighted by Crippen LogP contribution is 2.62. The molecule has 7 rings (SSSR count). The van der Waals surface area contributed by atoms with Gasteiger partial charge in [-0.25, -0.2) is 4.98 Å². The van der Waals surface area contributed by atoms with Gasteiger partial charge in [-0.15, -0.1) is 11.3 Å². The van der Waals surface area contributed by atoms with Gasteiger partial charge in [0.05, 0.1) is 32.5 Å². The molecule has 3 aliphatic carbocycles. The Hall–Kier alpha value is -3.12. The second-order valence-electron chi connectivity index (χ2n) is 11.2. The van der Waals surface area contributed by atoms with Crippen molar-refractivity contribution in [1.29, 1.82) is 0 Å². The Kier molecular flexibility index (Phi) is 5.26. The van der Waals surface area contributed by atoms with Crippen LogP contribution in [0.5, 0.6) is 11.5 Å². The summed E-state index contributed by atoms with van der Waals surface area (Å²) < 4.78 is 12.6. The third kappa shape index (κ3) is 3.41. The van der Waals surface area contributed by atoms with Crippen LogP contribution >= 0.6 is 11.3 Å². The minimum Gasteiger partial charge on any atom is -0.497 e. The number of thiophene rings is 1. The summed E-state index contributed by atoms with van der Waals surface area (Å²) in [6, 6.07) is 14.6. The number of aromatic nitrogens is 2. The molecule has 0 amide bonds. The van der Waals surface area contributed by atoms with Crippen LogP contribution in [0.25, 0.3) is 10.2 Å². The van der Waals surface area contributed by atoms with Crippen LogP contribution in [-0.4, -0.2) is 23.8 Å². The van der Waals surface area contributed by atoms with Crippen molar-refractivity contribution in [2.24, 2.45) is 11.8 Å². The van der Waals surface area contributed by atoms with E-state index in [2.05, 4.69) is 25.1 Å². The number of ether oxygens (including phenoxy) is 2. The van der Waals surface area contributed by atoms with Crippen molar-refractivity contribution in [3.05, 3.63) is 86.3 Å². The predicted molar refractivity (Wildman–Crippen MR) is 147 cm³/mol. The number of rotatable bonds is 4. The molecule has 3 aliphatic rings. The lowest BCUT2D eigenvalue weighted by Gasteiger charge is -2.49. The zero-order valence-electron chi connectivity index (χ0n) is 21.6. The quantitative estimate of drug-likeness (QED) is 0.332. The van der Waals surface area contributed by atoms with E-state index in [1.807, 2.05) is 24.3 Å². The van der Waals surface area contributed by atoms with Gasteiger partial charge in [0.1, 0.15) is 16.3 Å². The SMILES string of the molecule is COc1ccc(Cn2cnc3sc4c(c3c2=O)C2(C)CCC3c5ccc(OC)cc5CCC3C2C4)cc1. The molecule has 0 radical (unpaired) electrons. The molecule has 4 aromatic rings. The van der Waals surface area contributed by atoms with E-state index in [9.17, 15) is 4.79 Å². The number of aryl methyl sites for hydroxylation is 1. The van der Waals surface area contributed by atoms with E-state index in [0.29, 0.717) is 24.3 Å². The molecule has 2 aromatic heterocycles. The second-order valence-corrected chi connectivity index (χ2v) is 12.3. The van der Waals surface area contributed by atoms with Gasteiger partial charge in [0, 0.05) is 4.88 Å². The number of methoxy groups -OCH3 is 2. The zero-order valence-corrected chi connectivity index (χ0v) is 22.4. The van der Waals surface area contributed by atoms with Crippen LogP contribution in [-0.2, 0) is 24.8 Å². The average Bonchev–Trinajstić information content (AvgIpc) is 3.44. The molecule has 0 spiro atoms. The first-order valence-electron chi connectivity index (χ1n) is 13.3. The van der Waals surface area contributed by atoms with Gasteiger partial charge in [-0.3, -0.25) is 9.36 Å². The molecule has 4 atom stereocenters. The number of fused-ring (bicyclic) bond motifs is 9. The highest BCUT2D eigenvalue weighted by Gasteiger charge is 2.54. The summed E-state index contributed by atoms with van der Waals surface area (Å²) in [5, 5.41) is 0.875. The number of nitrogens with zero attached hydrogens (tertiary/aromatic N) is 2. The molecule has 2 aromatic carbocycles. The highest BCUT2D eigenvalue weighted by molar-refractivity contribution is 7.18. The van der Waals surface area contributed by atoms with Crippen LogP contribution in [0.15, 0.2) is 53.6 Å². The normalized spacial score (nSPS) is 25.8. The summed E-state index contributed by atoms with van der Waals surface area (Å²) in [4.78, 5) is 21.0. The lowest BCUT2D eigenvalue weighted by Crippen LogP contribution is -2.43. The van der Waals surface area contributed by atoms with Crippen LogP contribution in [0.2, 0.25) is 0 Å². The minimum absolute atomic E-state index is 0.0405. The highest BCUT2D eigenvalue weighted by atomic mass is 32.1. The van der Waals surface area contributed by atoms with Crippen molar-refractivity contribution >= 4 is 21.6 Å². The zero-order chi connectivity index (χ0) is 25.3. The third-order valence-electron chi connectivity index (χ3n) is 9.56. The number of hydrogen-bond donors (Lipinski definition) is 0. The standard InChI is InChI=1S/C31H32N2O3S/c1-31-13-12-23-22-11-9-21(36-3)14-19(22)6-10-24(23)25(31)15-26-28(31)27-29(37-26)32-17-33(30(27)34)16-18-4-7-20(35-2)8-5-18/h4-5,7-9,11,14,17,23-25H,6,10,12-13,15-16H2,1-3H3. The van der Waals surface area contributed by atoms with Gasteiger partial charge < -0.3 is 9.47 Å². The van der Waals surface area contributed by atoms with Gasteiger partial charge in [-0.1, -0.05) is 25.1 Å². The van der Waals surface area contributed by atoms with E-state index in [1.54, 1.807) is 36.5 Å². The summed E-state index contributed by atoms with van der Waals surface area (Å²) in [7, 11) is 3.42. The lowest BCUT2D eigenvalue weighted by molar-refractivity contribution is 0.106. The van der Waals surface area contributed by atoms with Crippen LogP contribution in [0, 0.1) is 11.8 Å². The Morgan fingerprint density at radius 1 is 1.08 bits per heavy atom. The average molecular weight is 513 g/mol. The van der Waals surface area contributed by atoms with Gasteiger partial charge >= 0.3 is 0 Å². The number of benzene rings is 2. The molecular formula is C31H32N2O3S. The third-order valence-corrected chi connectivity index (χ3v) is 10.7. The molecule has 0 bridgehead atoms. The molecule has 0 saturated heterocycles. The van der Waals surface area contributed by atoms with E-state index in [0.717, 1.165) is 46.5 Å². The van der Waals surface area contributed by atoms with E-state index in [4.69, 9.17) is 14.5 Å². The van der Waals surface area contributed by atoms with Crippen molar-refractivity contribution < 1.29 is 9.47 Å². The molecular weight excluding hydrogens is 480 g/mol. The van der Waals surface area contributed by atoms with Crippen LogP contribution in [0.1, 0.15) is 59.2 Å². The van der Waals surface area contributed by atoms with E-state index >= 15 is 0 Å². The molecule has 4 unspecified atom stereocenters. The van der Waals surface area contributed by atoms with Crippen LogP contribution < -0.4 is 15.0 Å². The fraction of sp³-hybridized carbons (Fsp3) is 0.419. The Morgan fingerprint density at radius 3 is 2.65 bits per heavy atom. The minimum atomic E-state index is 0.0405. The van der Waals surface area contributed by atoms with Gasteiger partial charge in [-0.2, -0.15) is 0 Å². The van der Waals surface area contributed by atoms with E-state index in [-0.39, 0.29) is 11.0 Å². The second kappa shape index (κ2) is 8.45. The van der Waals surface area contributed by atoms with E-state index in [1.165, 1.54) is 34.4 Å². The van der Waals surface area contributed by atoms with Gasteiger partial charge in [-0.05, 0) is 102 Å². The maximum atomic E-state index is 13.9. The smallest absolute Gasteiger partial charge is 0.262 e. The monoisotopic (exact) mass is 512 g/mol. The van der Waals surface area contributed by atoms with Gasteiger partial charge in [0.15, 0.2) is 0 Å². The maximum Gasteiger partial charge on any atom is 0.262 e. The molecule has 190 valence electrons. The fourth-order valence-electron chi connectivity index (χ4n) is 7.75. The van der Waals surface area contributed by atoms with E-state index < -0.39 is 0 Å². The van der Waals surface area contributed by atoms with Crippen molar-refractivity contribution in [3.63, 3.8) is 0 Å². The van der Waals surface area contributed by atoms with Gasteiger partial charge in [0.2, 0.25) is 0 Å². The first-order valence-corrected chi connectivity index (χ1v) is 14.1. The summed E-state index contributed by atoms with van der Waals surface area (Å²) in [5.74, 6) is 3.64. The molecule has 37 heavy (non-hydrogen) atoms. The molecule has 1 fully saturated rings. The summed E-state index contributed by atoms with van der Waals surface area (Å²) >= 11 is 1.76. The van der Waals surface area contributed by atoms with Crippen LogP contribution in [0.4, 0.5) is 0 Å². The maximum absolute atomic E-state index is 13.9. The Labute approximate surface area is 221 Å². The lowest BCUT2D eigenvalue weighted by atomic mass is 9.55. The Morgan fingerprint density at radius 2 is 1.86 bits per heavy atom. The van der Waals surface area contributed by atoms with Crippen LogP contribution in [0.3, 0.4) is 0 Å². The predicted octanol–water partition coefficient (Wildman–Crippen LogP) is 6.09. The molecule has 1 saturated carbocycles. The summed E-state index contributed by atoms with van der Waals surface area (Å²) in [6.45, 7) is 2.96. The topological polar surface area (TPSA) is 53.4 Å². The van der Waals surface area contributed by atoms with Crippen molar-refractivity contribution in [2.75, 3.05) is 14.2 Å². The summed E-state index contributed by atoms with van der Waals surface area (Å²) in [5.41, 5.74) is 5.52. The molecule has 0 aliphatic heterocycles. The van der Waals surface area contributed by atoms with Crippen molar-refractivity contribution in [3.8, 4) is 11.5 Å². The van der Waals surface area contributed by atoms with Gasteiger partial charge in [0.25, 0.3) is 5.56 Å². The first-order chi connectivity index (χ1) is 18.0. The first kappa shape index (κ1) is 23.0. The van der Waals surface area contributed by atoms with Crippen molar-refractivity contribution in [1.82, 2.24) is 9.55 Å². The fourth-order valence-corrected chi connectivity index (χ4v) is 9.08. The Balaban J connectivity index is 1.25. The molecule has 5 nitrogen and oxygen atoms in total.